The Hall–Kier alpha value is -1.14. The molecule has 0 amide bonds. The van der Waals surface area contributed by atoms with Gasteiger partial charge in [-0.2, -0.15) is 0 Å². The minimum Gasteiger partial charge on any atom is -0.460 e. The number of hydrogen-bond donors (Lipinski definition) is 0. The third kappa shape index (κ3) is 3.98. The van der Waals surface area contributed by atoms with E-state index in [4.69, 9.17) is 18.9 Å². The van der Waals surface area contributed by atoms with Crippen molar-refractivity contribution in [1.82, 2.24) is 0 Å². The van der Waals surface area contributed by atoms with Gasteiger partial charge >= 0.3 is 11.9 Å². The van der Waals surface area contributed by atoms with E-state index in [0.717, 1.165) is 0 Å². The standard InChI is InChI=1S/C11H18O6/c1-6-9(16-7(2)12)5-10(17-8(3)13)11(14-4)15-6/h6,9-11H,5H2,1-4H3/t6-,9+,10-,11+/m1/s1. The Balaban J connectivity index is 2.67. The molecule has 1 heterocycles. The van der Waals surface area contributed by atoms with E-state index in [-0.39, 0.29) is 12.1 Å². The minimum absolute atomic E-state index is 0.296. The highest BCUT2D eigenvalue weighted by Gasteiger charge is 2.39. The summed E-state index contributed by atoms with van der Waals surface area (Å²) in [6, 6.07) is 0. The Morgan fingerprint density at radius 2 is 1.65 bits per heavy atom. The van der Waals surface area contributed by atoms with Gasteiger partial charge in [0.25, 0.3) is 0 Å². The van der Waals surface area contributed by atoms with Crippen molar-refractivity contribution >= 4 is 11.9 Å². The molecule has 1 aliphatic heterocycles. The van der Waals surface area contributed by atoms with E-state index in [1.807, 2.05) is 0 Å². The number of rotatable bonds is 3. The van der Waals surface area contributed by atoms with Crippen LogP contribution in [0.3, 0.4) is 0 Å². The van der Waals surface area contributed by atoms with E-state index in [0.29, 0.717) is 6.42 Å². The van der Waals surface area contributed by atoms with Crippen molar-refractivity contribution in [2.75, 3.05) is 7.11 Å². The van der Waals surface area contributed by atoms with Crippen LogP contribution in [0.5, 0.6) is 0 Å². The summed E-state index contributed by atoms with van der Waals surface area (Å²) in [6.45, 7) is 4.42. The van der Waals surface area contributed by atoms with Gasteiger partial charge in [0, 0.05) is 27.4 Å². The number of methoxy groups -OCH3 is 1. The lowest BCUT2D eigenvalue weighted by Crippen LogP contribution is -2.49. The molecule has 1 fully saturated rings. The van der Waals surface area contributed by atoms with E-state index in [9.17, 15) is 9.59 Å². The van der Waals surface area contributed by atoms with Crippen LogP contribution in [-0.4, -0.2) is 43.7 Å². The van der Waals surface area contributed by atoms with Gasteiger partial charge in [0.15, 0.2) is 12.4 Å². The number of carbonyl (C=O) groups is 2. The van der Waals surface area contributed by atoms with Crippen molar-refractivity contribution < 1.29 is 28.5 Å². The Morgan fingerprint density at radius 1 is 1.12 bits per heavy atom. The molecular weight excluding hydrogens is 228 g/mol. The Labute approximate surface area is 100 Å². The molecule has 0 aliphatic carbocycles. The van der Waals surface area contributed by atoms with Crippen LogP contribution in [0.4, 0.5) is 0 Å². The van der Waals surface area contributed by atoms with Gasteiger partial charge in [-0.05, 0) is 6.92 Å². The molecule has 1 saturated heterocycles. The van der Waals surface area contributed by atoms with E-state index in [1.54, 1.807) is 6.92 Å². The number of hydrogen-bond acceptors (Lipinski definition) is 6. The Bertz CT molecular complexity index is 290. The summed E-state index contributed by atoms with van der Waals surface area (Å²) < 4.78 is 20.7. The van der Waals surface area contributed by atoms with Gasteiger partial charge in [0.1, 0.15) is 6.10 Å². The first kappa shape index (κ1) is 13.9. The predicted octanol–water partition coefficient (Wildman–Crippen LogP) is 0.631. The summed E-state index contributed by atoms with van der Waals surface area (Å²) in [5.41, 5.74) is 0. The molecule has 6 heteroatoms. The van der Waals surface area contributed by atoms with Gasteiger partial charge in [0.2, 0.25) is 0 Å². The molecule has 0 radical (unpaired) electrons. The molecule has 1 rings (SSSR count). The Kier molecular flexibility index (Phi) is 4.89. The fourth-order valence-corrected chi connectivity index (χ4v) is 1.80. The number of carbonyl (C=O) groups excluding carboxylic acids is 2. The third-order valence-corrected chi connectivity index (χ3v) is 2.51. The first-order chi connectivity index (χ1) is 7.93. The number of ether oxygens (including phenoxy) is 4. The van der Waals surface area contributed by atoms with Gasteiger partial charge in [0.05, 0.1) is 6.10 Å². The highest BCUT2D eigenvalue weighted by Crippen LogP contribution is 2.25. The molecule has 17 heavy (non-hydrogen) atoms. The van der Waals surface area contributed by atoms with E-state index >= 15 is 0 Å². The lowest BCUT2D eigenvalue weighted by molar-refractivity contribution is -0.260. The smallest absolute Gasteiger partial charge is 0.303 e. The van der Waals surface area contributed by atoms with Crippen LogP contribution >= 0.6 is 0 Å². The molecule has 0 bridgehead atoms. The summed E-state index contributed by atoms with van der Waals surface area (Å²) in [7, 11) is 1.47. The van der Waals surface area contributed by atoms with Crippen LogP contribution in [0, 0.1) is 0 Å². The average molecular weight is 246 g/mol. The van der Waals surface area contributed by atoms with E-state index in [2.05, 4.69) is 0 Å². The summed E-state index contributed by atoms with van der Waals surface area (Å²) in [6.07, 6.45) is -1.53. The van der Waals surface area contributed by atoms with Gasteiger partial charge in [-0.1, -0.05) is 0 Å². The molecule has 0 saturated carbocycles. The van der Waals surface area contributed by atoms with Crippen LogP contribution in [-0.2, 0) is 28.5 Å². The topological polar surface area (TPSA) is 71.1 Å². The molecule has 1 aliphatic rings. The van der Waals surface area contributed by atoms with Crippen molar-refractivity contribution in [2.45, 2.75) is 51.8 Å². The normalized spacial score (nSPS) is 32.9. The molecule has 0 N–H and O–H groups in total. The van der Waals surface area contributed by atoms with Gasteiger partial charge in [-0.25, -0.2) is 0 Å². The van der Waals surface area contributed by atoms with Crippen molar-refractivity contribution in [3.63, 3.8) is 0 Å². The zero-order valence-corrected chi connectivity index (χ0v) is 10.5. The fourth-order valence-electron chi connectivity index (χ4n) is 1.80. The lowest BCUT2D eigenvalue weighted by atomic mass is 10.0. The van der Waals surface area contributed by atoms with E-state index < -0.39 is 24.5 Å². The molecule has 6 nitrogen and oxygen atoms in total. The van der Waals surface area contributed by atoms with Crippen LogP contribution < -0.4 is 0 Å². The Morgan fingerprint density at radius 3 is 2.12 bits per heavy atom. The van der Waals surface area contributed by atoms with Crippen LogP contribution in [0.1, 0.15) is 27.2 Å². The van der Waals surface area contributed by atoms with Gasteiger partial charge in [-0.3, -0.25) is 9.59 Å². The second-order valence-corrected chi connectivity index (χ2v) is 3.98. The molecule has 0 aromatic carbocycles. The van der Waals surface area contributed by atoms with Gasteiger partial charge < -0.3 is 18.9 Å². The second kappa shape index (κ2) is 5.97. The molecule has 0 unspecified atom stereocenters. The summed E-state index contributed by atoms with van der Waals surface area (Å²) in [5, 5.41) is 0. The maximum absolute atomic E-state index is 10.9. The first-order valence-electron chi connectivity index (χ1n) is 5.46. The average Bonchev–Trinajstić information content (AvgIpc) is 2.21. The molecule has 0 aromatic heterocycles. The zero-order chi connectivity index (χ0) is 13.0. The second-order valence-electron chi connectivity index (χ2n) is 3.98. The van der Waals surface area contributed by atoms with Crippen molar-refractivity contribution in [3.8, 4) is 0 Å². The quantitative estimate of drug-likeness (QED) is 0.680. The van der Waals surface area contributed by atoms with Crippen LogP contribution in [0.2, 0.25) is 0 Å². The highest BCUT2D eigenvalue weighted by atomic mass is 16.7. The maximum atomic E-state index is 10.9. The maximum Gasteiger partial charge on any atom is 0.303 e. The van der Waals surface area contributed by atoms with Crippen LogP contribution in [0.25, 0.3) is 0 Å². The zero-order valence-electron chi connectivity index (χ0n) is 10.5. The van der Waals surface area contributed by atoms with Gasteiger partial charge in [-0.15, -0.1) is 0 Å². The molecule has 4 atom stereocenters. The largest absolute Gasteiger partial charge is 0.460 e. The molecule has 0 spiro atoms. The van der Waals surface area contributed by atoms with Crippen LogP contribution in [0.15, 0.2) is 0 Å². The molecular formula is C11H18O6. The summed E-state index contributed by atoms with van der Waals surface area (Å²) >= 11 is 0. The van der Waals surface area contributed by atoms with Crippen molar-refractivity contribution in [3.05, 3.63) is 0 Å². The SMILES string of the molecule is CO[C@H]1O[C@H](C)[C@@H](OC(C)=O)C[C@H]1OC(C)=O. The van der Waals surface area contributed by atoms with Crippen molar-refractivity contribution in [2.24, 2.45) is 0 Å². The third-order valence-electron chi connectivity index (χ3n) is 2.51. The molecule has 0 aromatic rings. The van der Waals surface area contributed by atoms with E-state index in [1.165, 1.54) is 21.0 Å². The number of esters is 2. The minimum atomic E-state index is -0.624. The fraction of sp³-hybridized carbons (Fsp3) is 0.818. The first-order valence-corrected chi connectivity index (χ1v) is 5.46. The summed E-state index contributed by atoms with van der Waals surface area (Å²) in [5.74, 6) is -0.806. The predicted molar refractivity (Wildman–Crippen MR) is 57.1 cm³/mol. The summed E-state index contributed by atoms with van der Waals surface area (Å²) in [4.78, 5) is 21.9. The lowest BCUT2D eigenvalue weighted by Gasteiger charge is -2.38. The van der Waals surface area contributed by atoms with Crippen molar-refractivity contribution in [1.29, 1.82) is 0 Å². The monoisotopic (exact) mass is 246 g/mol. The highest BCUT2D eigenvalue weighted by molar-refractivity contribution is 5.66. The molecule has 98 valence electrons.